The van der Waals surface area contributed by atoms with Crippen LogP contribution in [-0.2, 0) is 19.4 Å². The van der Waals surface area contributed by atoms with Crippen LogP contribution in [0.15, 0.2) is 0 Å². The maximum absolute atomic E-state index is 12.2. The van der Waals surface area contributed by atoms with Gasteiger partial charge in [-0.05, 0) is 13.8 Å². The van der Waals surface area contributed by atoms with Gasteiger partial charge in [-0.3, -0.25) is 4.79 Å². The number of rotatable bonds is 2. The lowest BCUT2D eigenvalue weighted by molar-refractivity contribution is -0.143. The first kappa shape index (κ1) is 14.7. The fourth-order valence-corrected chi connectivity index (χ4v) is 4.16. The Balaban J connectivity index is 1.90. The minimum atomic E-state index is -2.99. The first-order valence-corrected chi connectivity index (χ1v) is 8.55. The zero-order valence-electron chi connectivity index (χ0n) is 11.5. The Kier molecular flexibility index (Phi) is 4.47. The fraction of sp³-hybridized carbons (Fsp3) is 0.917. The maximum Gasteiger partial charge on any atom is 0.224 e. The molecule has 110 valence electrons. The van der Waals surface area contributed by atoms with Gasteiger partial charge >= 0.3 is 0 Å². The van der Waals surface area contributed by atoms with E-state index in [1.807, 2.05) is 13.8 Å². The van der Waals surface area contributed by atoms with Crippen molar-refractivity contribution in [3.05, 3.63) is 0 Å². The molecule has 1 unspecified atom stereocenters. The molecular formula is C12H22N2O4S. The zero-order chi connectivity index (χ0) is 14.0. The number of nitrogens with zero attached hydrogens (tertiary/aromatic N) is 1. The van der Waals surface area contributed by atoms with Crippen molar-refractivity contribution < 1.29 is 17.9 Å². The van der Waals surface area contributed by atoms with E-state index < -0.39 is 9.84 Å². The summed E-state index contributed by atoms with van der Waals surface area (Å²) in [5.41, 5.74) is 0. The molecule has 2 heterocycles. The number of hydrogen-bond donors (Lipinski definition) is 1. The summed E-state index contributed by atoms with van der Waals surface area (Å²) in [6, 6.07) is -0.250. The van der Waals surface area contributed by atoms with Crippen LogP contribution in [0.5, 0.6) is 0 Å². The lowest BCUT2D eigenvalue weighted by Gasteiger charge is -2.36. The van der Waals surface area contributed by atoms with E-state index in [-0.39, 0.29) is 42.1 Å². The van der Waals surface area contributed by atoms with Crippen LogP contribution < -0.4 is 5.32 Å². The highest BCUT2D eigenvalue weighted by Crippen LogP contribution is 2.13. The zero-order valence-corrected chi connectivity index (χ0v) is 12.3. The number of nitrogens with one attached hydrogen (secondary N) is 1. The molecule has 1 amide bonds. The smallest absolute Gasteiger partial charge is 0.224 e. The lowest BCUT2D eigenvalue weighted by Crippen LogP contribution is -2.52. The van der Waals surface area contributed by atoms with Gasteiger partial charge in [0.2, 0.25) is 5.91 Å². The van der Waals surface area contributed by atoms with E-state index in [9.17, 15) is 13.2 Å². The standard InChI is InChI=1S/C12H22N2O4S/c1-9-6-14(7-10(2)18-9)12(15)5-11-8-19(16,17)4-3-13-11/h9-11,13H,3-8H2,1-2H3/t9-,10+,11?. The van der Waals surface area contributed by atoms with E-state index in [1.165, 1.54) is 0 Å². The van der Waals surface area contributed by atoms with Crippen LogP contribution >= 0.6 is 0 Å². The van der Waals surface area contributed by atoms with Gasteiger partial charge in [0.15, 0.2) is 9.84 Å². The molecule has 0 aliphatic carbocycles. The van der Waals surface area contributed by atoms with Gasteiger partial charge in [0.25, 0.3) is 0 Å². The highest BCUT2D eigenvalue weighted by atomic mass is 32.2. The molecule has 0 spiro atoms. The van der Waals surface area contributed by atoms with Crippen molar-refractivity contribution in [1.29, 1.82) is 0 Å². The highest BCUT2D eigenvalue weighted by molar-refractivity contribution is 7.91. The number of hydrogen-bond acceptors (Lipinski definition) is 5. The van der Waals surface area contributed by atoms with Crippen LogP contribution in [0, 0.1) is 0 Å². The molecule has 2 fully saturated rings. The highest BCUT2D eigenvalue weighted by Gasteiger charge is 2.30. The van der Waals surface area contributed by atoms with Crippen LogP contribution in [0.4, 0.5) is 0 Å². The molecule has 6 nitrogen and oxygen atoms in total. The van der Waals surface area contributed by atoms with Crippen molar-refractivity contribution in [3.63, 3.8) is 0 Å². The third kappa shape index (κ3) is 4.15. The van der Waals surface area contributed by atoms with Crippen LogP contribution in [0.1, 0.15) is 20.3 Å². The molecule has 2 aliphatic heterocycles. The first-order chi connectivity index (χ1) is 8.85. The second-order valence-corrected chi connectivity index (χ2v) is 7.75. The summed E-state index contributed by atoms with van der Waals surface area (Å²) >= 11 is 0. The van der Waals surface area contributed by atoms with E-state index in [0.717, 1.165) is 0 Å². The molecule has 2 rings (SSSR count). The average molecular weight is 290 g/mol. The van der Waals surface area contributed by atoms with Gasteiger partial charge in [-0.25, -0.2) is 8.42 Å². The largest absolute Gasteiger partial charge is 0.372 e. The fourth-order valence-electron chi connectivity index (χ4n) is 2.72. The Morgan fingerprint density at radius 3 is 2.53 bits per heavy atom. The summed E-state index contributed by atoms with van der Waals surface area (Å²) in [7, 11) is -2.99. The second kappa shape index (κ2) is 5.76. The summed E-state index contributed by atoms with van der Waals surface area (Å²) in [6.07, 6.45) is 0.324. The number of carbonyl (C=O) groups is 1. The number of sulfone groups is 1. The number of ether oxygens (including phenoxy) is 1. The van der Waals surface area contributed by atoms with E-state index in [0.29, 0.717) is 19.6 Å². The van der Waals surface area contributed by atoms with Gasteiger partial charge in [0.1, 0.15) is 0 Å². The molecule has 0 bridgehead atoms. The third-order valence-corrected chi connectivity index (χ3v) is 5.23. The normalized spacial score (nSPS) is 35.1. The van der Waals surface area contributed by atoms with Gasteiger partial charge in [0, 0.05) is 32.1 Å². The molecule has 0 aromatic rings. The summed E-state index contributed by atoms with van der Waals surface area (Å²) in [5.74, 6) is 0.244. The van der Waals surface area contributed by atoms with Gasteiger partial charge in [-0.1, -0.05) is 0 Å². The lowest BCUT2D eigenvalue weighted by atomic mass is 10.1. The van der Waals surface area contributed by atoms with Gasteiger partial charge < -0.3 is 15.0 Å². The Morgan fingerprint density at radius 1 is 1.32 bits per heavy atom. The number of amides is 1. The van der Waals surface area contributed by atoms with Crippen molar-refractivity contribution in [2.75, 3.05) is 31.1 Å². The average Bonchev–Trinajstić information content (AvgIpc) is 2.26. The summed E-state index contributed by atoms with van der Waals surface area (Å²) in [5, 5.41) is 3.11. The van der Waals surface area contributed by atoms with Crippen molar-refractivity contribution >= 4 is 15.7 Å². The van der Waals surface area contributed by atoms with Gasteiger partial charge in [-0.2, -0.15) is 0 Å². The summed E-state index contributed by atoms with van der Waals surface area (Å²) in [4.78, 5) is 14.0. The van der Waals surface area contributed by atoms with Crippen molar-refractivity contribution in [2.24, 2.45) is 0 Å². The molecule has 3 atom stereocenters. The van der Waals surface area contributed by atoms with Crippen LogP contribution in [0.3, 0.4) is 0 Å². The van der Waals surface area contributed by atoms with Crippen LogP contribution in [0.2, 0.25) is 0 Å². The Morgan fingerprint density at radius 2 is 1.95 bits per heavy atom. The van der Waals surface area contributed by atoms with E-state index in [1.54, 1.807) is 4.90 Å². The summed E-state index contributed by atoms with van der Waals surface area (Å²) in [6.45, 7) is 5.50. The minimum absolute atomic E-state index is 0.0107. The SMILES string of the molecule is C[C@@H]1CN(C(=O)CC2CS(=O)(=O)CCN2)C[C@H](C)O1. The van der Waals surface area contributed by atoms with E-state index in [4.69, 9.17) is 4.74 Å². The molecule has 19 heavy (non-hydrogen) atoms. The number of morpholine rings is 1. The van der Waals surface area contributed by atoms with Crippen molar-refractivity contribution in [1.82, 2.24) is 10.2 Å². The second-order valence-electron chi connectivity index (χ2n) is 5.53. The quantitative estimate of drug-likeness (QED) is 0.735. The monoisotopic (exact) mass is 290 g/mol. The van der Waals surface area contributed by atoms with Crippen molar-refractivity contribution in [3.8, 4) is 0 Å². The Labute approximate surface area is 114 Å². The third-order valence-electron chi connectivity index (χ3n) is 3.49. The van der Waals surface area contributed by atoms with Crippen molar-refractivity contribution in [2.45, 2.75) is 38.5 Å². The molecule has 0 aromatic heterocycles. The topological polar surface area (TPSA) is 75.7 Å². The molecule has 1 N–H and O–H groups in total. The predicted molar refractivity (Wildman–Crippen MR) is 71.7 cm³/mol. The first-order valence-electron chi connectivity index (χ1n) is 6.73. The molecule has 0 aromatic carbocycles. The summed E-state index contributed by atoms with van der Waals surface area (Å²) < 4.78 is 28.7. The molecule has 7 heteroatoms. The molecule has 2 saturated heterocycles. The molecule has 0 radical (unpaired) electrons. The maximum atomic E-state index is 12.2. The number of carbonyl (C=O) groups excluding carboxylic acids is 1. The van der Waals surface area contributed by atoms with Crippen LogP contribution in [-0.4, -0.2) is 68.6 Å². The van der Waals surface area contributed by atoms with Gasteiger partial charge in [-0.15, -0.1) is 0 Å². The van der Waals surface area contributed by atoms with Gasteiger partial charge in [0.05, 0.1) is 23.7 Å². The molecule has 2 aliphatic rings. The van der Waals surface area contributed by atoms with E-state index in [2.05, 4.69) is 5.32 Å². The predicted octanol–water partition coefficient (Wildman–Crippen LogP) is -0.601. The van der Waals surface area contributed by atoms with Crippen LogP contribution in [0.25, 0.3) is 0 Å². The Hall–Kier alpha value is -0.660. The van der Waals surface area contributed by atoms with E-state index >= 15 is 0 Å². The minimum Gasteiger partial charge on any atom is -0.372 e. The molecule has 0 saturated carbocycles. The Bertz CT molecular complexity index is 427. The molecular weight excluding hydrogens is 268 g/mol.